The van der Waals surface area contributed by atoms with Gasteiger partial charge in [-0.05, 0) is 55.2 Å². The van der Waals surface area contributed by atoms with E-state index < -0.39 is 0 Å². The first-order valence-electron chi connectivity index (χ1n) is 11.0. The van der Waals surface area contributed by atoms with Crippen molar-refractivity contribution in [3.63, 3.8) is 0 Å². The van der Waals surface area contributed by atoms with E-state index in [1.807, 2.05) is 58.3 Å². The molecule has 0 aliphatic carbocycles. The smallest absolute Gasteiger partial charge is 0.276 e. The summed E-state index contributed by atoms with van der Waals surface area (Å²) in [6, 6.07) is 11.5. The number of carbonyl (C=O) groups is 1. The first-order chi connectivity index (χ1) is 16.2. The standard InChI is InChI=1S/C25H21N5O2S/c31-24-23(28-20-13-33-14-21(20)29-24)19-11-17-10-15(6-7-18(17)27-19)25(32)30-9-2-1-5-22(30)16-4-3-8-26-12-16/h3-4,6-8,10-14,22,27H,1-2,5,9H2,(H,29,31). The maximum absolute atomic E-state index is 13.5. The third kappa shape index (κ3) is 3.52. The van der Waals surface area contributed by atoms with Gasteiger partial charge in [0.25, 0.3) is 11.5 Å². The average molecular weight is 456 g/mol. The van der Waals surface area contributed by atoms with Crippen molar-refractivity contribution >= 4 is 39.2 Å². The number of rotatable bonds is 3. The molecule has 2 N–H and O–H groups in total. The number of hydrogen-bond donors (Lipinski definition) is 2. The lowest BCUT2D eigenvalue weighted by molar-refractivity contribution is 0.0611. The van der Waals surface area contributed by atoms with Gasteiger partial charge in [0.1, 0.15) is 0 Å². The molecule has 33 heavy (non-hydrogen) atoms. The second-order valence-electron chi connectivity index (χ2n) is 8.37. The molecular formula is C25H21N5O2S. The van der Waals surface area contributed by atoms with E-state index in [9.17, 15) is 9.59 Å². The molecule has 0 radical (unpaired) electrons. The maximum Gasteiger partial charge on any atom is 0.276 e. The van der Waals surface area contributed by atoms with Gasteiger partial charge < -0.3 is 14.9 Å². The molecule has 1 fully saturated rings. The number of likely N-dealkylation sites (tertiary alicyclic amines) is 1. The molecule has 1 unspecified atom stereocenters. The summed E-state index contributed by atoms with van der Waals surface area (Å²) in [6.07, 6.45) is 6.64. The number of pyridine rings is 1. The monoisotopic (exact) mass is 455 g/mol. The second-order valence-corrected chi connectivity index (χ2v) is 9.11. The van der Waals surface area contributed by atoms with Crippen LogP contribution in [-0.4, -0.2) is 37.3 Å². The number of H-pyrrole nitrogens is 2. The minimum atomic E-state index is -0.239. The second kappa shape index (κ2) is 7.97. The zero-order valence-electron chi connectivity index (χ0n) is 17.7. The zero-order valence-corrected chi connectivity index (χ0v) is 18.6. The van der Waals surface area contributed by atoms with Gasteiger partial charge in [-0.2, -0.15) is 0 Å². The Labute approximate surface area is 193 Å². The van der Waals surface area contributed by atoms with Gasteiger partial charge in [0.05, 0.1) is 22.8 Å². The predicted molar refractivity (Wildman–Crippen MR) is 129 cm³/mol. The number of amides is 1. The molecule has 1 saturated heterocycles. The fourth-order valence-corrected chi connectivity index (χ4v) is 5.35. The number of nitrogens with zero attached hydrogens (tertiary/aromatic N) is 3. The summed E-state index contributed by atoms with van der Waals surface area (Å²) in [5, 5.41) is 4.65. The molecular weight excluding hydrogens is 434 g/mol. The van der Waals surface area contributed by atoms with Crippen molar-refractivity contribution in [2.24, 2.45) is 0 Å². The number of benzene rings is 1. The van der Waals surface area contributed by atoms with Crippen LogP contribution in [0.1, 0.15) is 41.2 Å². The number of nitrogens with one attached hydrogen (secondary N) is 2. The Morgan fingerprint density at radius 2 is 2.03 bits per heavy atom. The zero-order chi connectivity index (χ0) is 22.4. The molecule has 164 valence electrons. The van der Waals surface area contributed by atoms with Gasteiger partial charge in [-0.1, -0.05) is 6.07 Å². The van der Waals surface area contributed by atoms with Gasteiger partial charge in [0.2, 0.25) is 0 Å². The van der Waals surface area contributed by atoms with Gasteiger partial charge in [-0.3, -0.25) is 14.6 Å². The lowest BCUT2D eigenvalue weighted by Crippen LogP contribution is -2.38. The van der Waals surface area contributed by atoms with Crippen LogP contribution in [0.2, 0.25) is 0 Å². The highest BCUT2D eigenvalue weighted by molar-refractivity contribution is 7.09. The molecule has 5 heterocycles. The van der Waals surface area contributed by atoms with E-state index in [0.717, 1.165) is 53.3 Å². The van der Waals surface area contributed by atoms with Crippen molar-refractivity contribution in [2.75, 3.05) is 6.54 Å². The van der Waals surface area contributed by atoms with Crippen LogP contribution in [0, 0.1) is 0 Å². The SMILES string of the molecule is O=C(c1ccc2[nH]c(-c3nc4cscc4[nH]c3=O)cc2c1)N1CCCCC1c1cccnc1. The summed E-state index contributed by atoms with van der Waals surface area (Å²) in [7, 11) is 0. The number of hydrogen-bond acceptors (Lipinski definition) is 5. The van der Waals surface area contributed by atoms with E-state index in [0.29, 0.717) is 17.0 Å². The van der Waals surface area contributed by atoms with Crippen molar-refractivity contribution in [1.29, 1.82) is 0 Å². The summed E-state index contributed by atoms with van der Waals surface area (Å²) >= 11 is 1.50. The van der Waals surface area contributed by atoms with Gasteiger partial charge in [0.15, 0.2) is 5.69 Å². The number of piperidine rings is 1. The Kier molecular flexibility index (Phi) is 4.80. The molecule has 5 aromatic rings. The maximum atomic E-state index is 13.5. The molecule has 0 saturated carbocycles. The Hall–Kier alpha value is -3.78. The molecule has 1 aromatic carbocycles. The largest absolute Gasteiger partial charge is 0.353 e. The summed E-state index contributed by atoms with van der Waals surface area (Å²) in [5.41, 5.74) is 4.81. The lowest BCUT2D eigenvalue weighted by atomic mass is 9.95. The molecule has 7 nitrogen and oxygen atoms in total. The number of thiophene rings is 1. The molecule has 1 atom stereocenters. The number of aromatic nitrogens is 4. The molecule has 0 bridgehead atoms. The highest BCUT2D eigenvalue weighted by Crippen LogP contribution is 2.32. The molecule has 6 rings (SSSR count). The van der Waals surface area contributed by atoms with Crippen molar-refractivity contribution < 1.29 is 4.79 Å². The van der Waals surface area contributed by atoms with Crippen LogP contribution in [0.3, 0.4) is 0 Å². The summed E-state index contributed by atoms with van der Waals surface area (Å²) < 4.78 is 0. The summed E-state index contributed by atoms with van der Waals surface area (Å²) in [6.45, 7) is 0.731. The minimum Gasteiger partial charge on any atom is -0.353 e. The molecule has 8 heteroatoms. The van der Waals surface area contributed by atoms with E-state index in [4.69, 9.17) is 0 Å². The van der Waals surface area contributed by atoms with Crippen LogP contribution in [0.4, 0.5) is 0 Å². The van der Waals surface area contributed by atoms with Crippen molar-refractivity contribution in [3.8, 4) is 11.4 Å². The first-order valence-corrected chi connectivity index (χ1v) is 11.9. The topological polar surface area (TPSA) is 94.7 Å². The first kappa shape index (κ1) is 19.9. The van der Waals surface area contributed by atoms with Gasteiger partial charge >= 0.3 is 0 Å². The van der Waals surface area contributed by atoms with Crippen molar-refractivity contribution in [1.82, 2.24) is 24.8 Å². The quantitative estimate of drug-likeness (QED) is 0.405. The Morgan fingerprint density at radius 3 is 2.91 bits per heavy atom. The van der Waals surface area contributed by atoms with Gasteiger partial charge in [-0.25, -0.2) is 4.98 Å². The fourth-order valence-electron chi connectivity index (χ4n) is 4.66. The number of fused-ring (bicyclic) bond motifs is 2. The van der Waals surface area contributed by atoms with Crippen LogP contribution in [-0.2, 0) is 0 Å². The Balaban J connectivity index is 1.35. The van der Waals surface area contributed by atoms with E-state index in [-0.39, 0.29) is 17.5 Å². The molecule has 1 aliphatic rings. The predicted octanol–water partition coefficient (Wildman–Crippen LogP) is 4.90. The van der Waals surface area contributed by atoms with Crippen LogP contribution >= 0.6 is 11.3 Å². The Morgan fingerprint density at radius 1 is 1.09 bits per heavy atom. The minimum absolute atomic E-state index is 0.0175. The highest BCUT2D eigenvalue weighted by atomic mass is 32.1. The molecule has 4 aromatic heterocycles. The van der Waals surface area contributed by atoms with Crippen LogP contribution in [0.5, 0.6) is 0 Å². The number of carbonyl (C=O) groups excluding carboxylic acids is 1. The Bertz CT molecular complexity index is 1540. The fraction of sp³-hybridized carbons (Fsp3) is 0.200. The molecule has 0 spiro atoms. The third-order valence-electron chi connectivity index (χ3n) is 6.29. The van der Waals surface area contributed by atoms with Crippen LogP contribution < -0.4 is 5.56 Å². The summed E-state index contributed by atoms with van der Waals surface area (Å²) in [4.78, 5) is 43.0. The normalized spacial score (nSPS) is 16.5. The third-order valence-corrected chi connectivity index (χ3v) is 7.02. The lowest BCUT2D eigenvalue weighted by Gasteiger charge is -2.36. The van der Waals surface area contributed by atoms with E-state index >= 15 is 0 Å². The van der Waals surface area contributed by atoms with Gasteiger partial charge in [0, 0.05) is 46.2 Å². The van der Waals surface area contributed by atoms with Crippen LogP contribution in [0.15, 0.2) is 64.3 Å². The van der Waals surface area contributed by atoms with E-state index in [1.54, 1.807) is 6.20 Å². The van der Waals surface area contributed by atoms with Crippen molar-refractivity contribution in [3.05, 3.63) is 81.0 Å². The summed E-state index contributed by atoms with van der Waals surface area (Å²) in [5.74, 6) is 0.0175. The van der Waals surface area contributed by atoms with Crippen LogP contribution in [0.25, 0.3) is 33.3 Å². The van der Waals surface area contributed by atoms with Gasteiger partial charge in [-0.15, -0.1) is 11.3 Å². The van der Waals surface area contributed by atoms with Crippen molar-refractivity contribution in [2.45, 2.75) is 25.3 Å². The molecule has 1 aliphatic heterocycles. The van der Waals surface area contributed by atoms with E-state index in [1.165, 1.54) is 11.3 Å². The number of aromatic amines is 2. The van der Waals surface area contributed by atoms with E-state index in [2.05, 4.69) is 19.9 Å². The highest BCUT2D eigenvalue weighted by Gasteiger charge is 2.29. The average Bonchev–Trinajstić information content (AvgIpc) is 3.49. The molecule has 1 amide bonds.